The van der Waals surface area contributed by atoms with Crippen LogP contribution in [0.3, 0.4) is 0 Å². The van der Waals surface area contributed by atoms with Gasteiger partial charge in [0.05, 0.1) is 5.41 Å². The number of aliphatic carboxylic acids is 1. The number of carboxylic acids is 1. The molecule has 0 spiro atoms. The van der Waals surface area contributed by atoms with Crippen LogP contribution >= 0.6 is 15.9 Å². The van der Waals surface area contributed by atoms with E-state index in [-0.39, 0.29) is 5.91 Å². The normalized spacial score (nSPS) is 12.8. The molecule has 5 heteroatoms. The van der Waals surface area contributed by atoms with Gasteiger partial charge in [0.1, 0.15) is 6.04 Å². The minimum absolute atomic E-state index is 0.288. The van der Waals surface area contributed by atoms with Crippen LogP contribution in [-0.2, 0) is 15.0 Å². The van der Waals surface area contributed by atoms with Crippen molar-refractivity contribution in [2.45, 2.75) is 38.6 Å². The smallest absolute Gasteiger partial charge is 0.326 e. The summed E-state index contributed by atoms with van der Waals surface area (Å²) in [6.45, 7) is 5.28. The van der Waals surface area contributed by atoms with Crippen molar-refractivity contribution >= 4 is 27.8 Å². The molecule has 1 amide bonds. The Hall–Kier alpha value is -1.36. The van der Waals surface area contributed by atoms with Crippen LogP contribution in [-0.4, -0.2) is 23.0 Å². The van der Waals surface area contributed by atoms with Crippen molar-refractivity contribution < 1.29 is 14.7 Å². The lowest BCUT2D eigenvalue weighted by Gasteiger charge is -2.26. The number of carbonyl (C=O) groups excluding carboxylic acids is 1. The number of carboxylic acid groups (broad SMARTS) is 1. The number of rotatable bonds is 5. The molecule has 1 aromatic carbocycles. The molecule has 0 aliphatic heterocycles. The van der Waals surface area contributed by atoms with Crippen molar-refractivity contribution in [2.24, 2.45) is 0 Å². The summed E-state index contributed by atoms with van der Waals surface area (Å²) in [5.41, 5.74) is 0.0669. The lowest BCUT2D eigenvalue weighted by atomic mass is 9.83. The molecular weight excluding hydrogens is 310 g/mol. The highest BCUT2D eigenvalue weighted by Gasteiger charge is 2.32. The van der Waals surface area contributed by atoms with Gasteiger partial charge in [-0.3, -0.25) is 4.79 Å². The number of hydrogen-bond donors (Lipinski definition) is 2. The molecule has 0 aliphatic rings. The molecule has 0 radical (unpaired) electrons. The third kappa shape index (κ3) is 3.80. The lowest BCUT2D eigenvalue weighted by molar-refractivity contribution is -0.142. The molecule has 1 rings (SSSR count). The number of nitrogens with one attached hydrogen (secondary N) is 1. The van der Waals surface area contributed by atoms with Crippen molar-refractivity contribution in [3.8, 4) is 0 Å². The fraction of sp³-hybridized carbons (Fsp3) is 0.429. The second kappa shape index (κ2) is 6.19. The van der Waals surface area contributed by atoms with Crippen molar-refractivity contribution in [1.82, 2.24) is 5.32 Å². The summed E-state index contributed by atoms with van der Waals surface area (Å²) in [4.78, 5) is 23.2. The largest absolute Gasteiger partial charge is 0.480 e. The molecule has 0 bridgehead atoms. The van der Waals surface area contributed by atoms with E-state index in [1.54, 1.807) is 20.8 Å². The van der Waals surface area contributed by atoms with E-state index in [2.05, 4.69) is 21.2 Å². The van der Waals surface area contributed by atoms with Crippen LogP contribution in [0.2, 0.25) is 0 Å². The van der Waals surface area contributed by atoms with Gasteiger partial charge < -0.3 is 10.4 Å². The molecule has 0 saturated heterocycles. The monoisotopic (exact) mass is 327 g/mol. The highest BCUT2D eigenvalue weighted by Crippen LogP contribution is 2.25. The number of halogens is 1. The van der Waals surface area contributed by atoms with Crippen LogP contribution in [0.4, 0.5) is 0 Å². The Morgan fingerprint density at radius 1 is 1.32 bits per heavy atom. The summed E-state index contributed by atoms with van der Waals surface area (Å²) in [6, 6.07) is 6.58. The van der Waals surface area contributed by atoms with Crippen LogP contribution in [0.25, 0.3) is 0 Å². The lowest BCUT2D eigenvalue weighted by Crippen LogP contribution is -2.48. The van der Waals surface area contributed by atoms with Crippen LogP contribution < -0.4 is 5.32 Å². The zero-order valence-electron chi connectivity index (χ0n) is 11.2. The molecule has 0 aliphatic carbocycles. The first kappa shape index (κ1) is 15.7. The van der Waals surface area contributed by atoms with Gasteiger partial charge in [0.25, 0.3) is 0 Å². The van der Waals surface area contributed by atoms with E-state index in [0.717, 1.165) is 10.0 Å². The zero-order chi connectivity index (χ0) is 14.6. The van der Waals surface area contributed by atoms with E-state index in [0.29, 0.717) is 6.42 Å². The van der Waals surface area contributed by atoms with E-state index in [1.807, 2.05) is 24.3 Å². The maximum absolute atomic E-state index is 12.2. The Kier molecular flexibility index (Phi) is 5.11. The van der Waals surface area contributed by atoms with E-state index in [9.17, 15) is 9.59 Å². The van der Waals surface area contributed by atoms with Gasteiger partial charge in [0, 0.05) is 4.47 Å². The minimum Gasteiger partial charge on any atom is -0.480 e. The van der Waals surface area contributed by atoms with Gasteiger partial charge in [-0.05, 0) is 38.0 Å². The van der Waals surface area contributed by atoms with E-state index >= 15 is 0 Å². The molecule has 0 saturated carbocycles. The molecule has 0 heterocycles. The molecule has 1 atom stereocenters. The zero-order valence-corrected chi connectivity index (χ0v) is 12.8. The molecule has 1 unspecified atom stereocenters. The second-order valence-electron chi connectivity index (χ2n) is 4.90. The Morgan fingerprint density at radius 2 is 1.84 bits per heavy atom. The predicted molar refractivity (Wildman–Crippen MR) is 77.0 cm³/mol. The van der Waals surface area contributed by atoms with Crippen LogP contribution in [0.15, 0.2) is 28.7 Å². The SMILES string of the molecule is CCC(NC(=O)C(C)(C)c1ccc(Br)cc1)C(=O)O. The van der Waals surface area contributed by atoms with Gasteiger partial charge in [0.15, 0.2) is 0 Å². The third-order valence-electron chi connectivity index (χ3n) is 3.15. The Balaban J connectivity index is 2.90. The molecule has 0 fully saturated rings. The first-order chi connectivity index (χ1) is 8.78. The van der Waals surface area contributed by atoms with Crippen LogP contribution in [0.1, 0.15) is 32.8 Å². The third-order valence-corrected chi connectivity index (χ3v) is 3.67. The number of carbonyl (C=O) groups is 2. The standard InChI is InChI=1S/C14H18BrNO3/c1-4-11(12(17)18)16-13(19)14(2,3)9-5-7-10(15)8-6-9/h5-8,11H,4H2,1-3H3,(H,16,19)(H,17,18). The molecule has 19 heavy (non-hydrogen) atoms. The number of amides is 1. The molecule has 4 nitrogen and oxygen atoms in total. The van der Waals surface area contributed by atoms with Gasteiger partial charge in [-0.2, -0.15) is 0 Å². The van der Waals surface area contributed by atoms with E-state index in [4.69, 9.17) is 5.11 Å². The predicted octanol–water partition coefficient (Wildman–Crippen LogP) is 2.71. The Morgan fingerprint density at radius 3 is 2.26 bits per heavy atom. The maximum Gasteiger partial charge on any atom is 0.326 e. The number of benzene rings is 1. The number of hydrogen-bond acceptors (Lipinski definition) is 2. The summed E-state index contributed by atoms with van der Waals surface area (Å²) in [5.74, 6) is -1.30. The average Bonchev–Trinajstić information content (AvgIpc) is 2.35. The fourth-order valence-electron chi connectivity index (χ4n) is 1.67. The summed E-state index contributed by atoms with van der Waals surface area (Å²) >= 11 is 3.34. The molecular formula is C14H18BrNO3. The fourth-order valence-corrected chi connectivity index (χ4v) is 1.94. The highest BCUT2D eigenvalue weighted by atomic mass is 79.9. The topological polar surface area (TPSA) is 66.4 Å². The van der Waals surface area contributed by atoms with Gasteiger partial charge in [0.2, 0.25) is 5.91 Å². The Labute approximate surface area is 121 Å². The molecule has 2 N–H and O–H groups in total. The van der Waals surface area contributed by atoms with E-state index in [1.165, 1.54) is 0 Å². The Bertz CT molecular complexity index is 468. The van der Waals surface area contributed by atoms with Crippen LogP contribution in [0.5, 0.6) is 0 Å². The van der Waals surface area contributed by atoms with Crippen molar-refractivity contribution in [1.29, 1.82) is 0 Å². The summed E-state index contributed by atoms with van der Waals surface area (Å²) in [6.07, 6.45) is 0.359. The molecule has 104 valence electrons. The minimum atomic E-state index is -1.01. The quantitative estimate of drug-likeness (QED) is 0.873. The van der Waals surface area contributed by atoms with Gasteiger partial charge in [-0.25, -0.2) is 4.79 Å². The first-order valence-electron chi connectivity index (χ1n) is 6.08. The highest BCUT2D eigenvalue weighted by molar-refractivity contribution is 9.10. The second-order valence-corrected chi connectivity index (χ2v) is 5.82. The van der Waals surface area contributed by atoms with Gasteiger partial charge in [-0.15, -0.1) is 0 Å². The molecule has 1 aromatic rings. The van der Waals surface area contributed by atoms with Gasteiger partial charge >= 0.3 is 5.97 Å². The summed E-state index contributed by atoms with van der Waals surface area (Å²) in [7, 11) is 0. The van der Waals surface area contributed by atoms with Crippen molar-refractivity contribution in [2.75, 3.05) is 0 Å². The van der Waals surface area contributed by atoms with Crippen molar-refractivity contribution in [3.05, 3.63) is 34.3 Å². The van der Waals surface area contributed by atoms with E-state index < -0.39 is 17.4 Å². The average molecular weight is 328 g/mol. The molecule has 0 aromatic heterocycles. The van der Waals surface area contributed by atoms with Crippen molar-refractivity contribution in [3.63, 3.8) is 0 Å². The summed E-state index contributed by atoms with van der Waals surface area (Å²) < 4.78 is 0.935. The van der Waals surface area contributed by atoms with Crippen LogP contribution in [0, 0.1) is 0 Å². The van der Waals surface area contributed by atoms with Gasteiger partial charge in [-0.1, -0.05) is 35.0 Å². The summed E-state index contributed by atoms with van der Waals surface area (Å²) in [5, 5.41) is 11.5. The first-order valence-corrected chi connectivity index (χ1v) is 6.88. The maximum atomic E-state index is 12.2.